The van der Waals surface area contributed by atoms with Gasteiger partial charge in [-0.3, -0.25) is 14.4 Å². The van der Waals surface area contributed by atoms with Gasteiger partial charge < -0.3 is 13.9 Å². The van der Waals surface area contributed by atoms with Gasteiger partial charge in [0, 0.05) is 18.3 Å². The molecule has 7 heteroatoms. The van der Waals surface area contributed by atoms with Gasteiger partial charge in [-0.25, -0.2) is 4.98 Å². The van der Waals surface area contributed by atoms with Crippen LogP contribution in [-0.2, 0) is 36.7 Å². The van der Waals surface area contributed by atoms with Crippen molar-refractivity contribution in [3.05, 3.63) is 17.3 Å². The number of methoxy groups -OCH3 is 2. The SMILES string of the molecule is COC(=O)CC(=O)C1CCc2nc(C3CC(C(=O)OC)C3)oc2C1. The Kier molecular flexibility index (Phi) is 4.69. The van der Waals surface area contributed by atoms with Gasteiger partial charge in [0.15, 0.2) is 5.89 Å². The Balaban J connectivity index is 1.60. The van der Waals surface area contributed by atoms with Gasteiger partial charge >= 0.3 is 11.9 Å². The molecule has 7 nitrogen and oxygen atoms in total. The van der Waals surface area contributed by atoms with Crippen molar-refractivity contribution in [1.29, 1.82) is 0 Å². The summed E-state index contributed by atoms with van der Waals surface area (Å²) in [7, 11) is 2.67. The van der Waals surface area contributed by atoms with Crippen molar-refractivity contribution in [1.82, 2.24) is 4.98 Å². The van der Waals surface area contributed by atoms with Crippen molar-refractivity contribution in [2.45, 2.75) is 44.4 Å². The third-order valence-corrected chi connectivity index (χ3v) is 4.98. The molecular formula is C17H21NO6. The minimum atomic E-state index is -0.507. The van der Waals surface area contributed by atoms with Gasteiger partial charge in [0.1, 0.15) is 18.0 Å². The average molecular weight is 335 g/mol. The molecule has 1 unspecified atom stereocenters. The molecule has 130 valence electrons. The Morgan fingerprint density at radius 1 is 1.17 bits per heavy atom. The molecule has 0 radical (unpaired) electrons. The second-order valence-corrected chi connectivity index (χ2v) is 6.47. The molecule has 1 saturated carbocycles. The summed E-state index contributed by atoms with van der Waals surface area (Å²) in [6.07, 6.45) is 3.01. The van der Waals surface area contributed by atoms with E-state index in [-0.39, 0.29) is 35.9 Å². The first kappa shape index (κ1) is 16.7. The second kappa shape index (κ2) is 6.75. The van der Waals surface area contributed by atoms with Crippen LogP contribution in [0.5, 0.6) is 0 Å². The molecule has 0 amide bonds. The minimum Gasteiger partial charge on any atom is -0.469 e. The van der Waals surface area contributed by atoms with Crippen LogP contribution in [0.15, 0.2) is 4.42 Å². The van der Waals surface area contributed by atoms with Crippen LogP contribution in [0, 0.1) is 11.8 Å². The normalized spacial score (nSPS) is 25.3. The van der Waals surface area contributed by atoms with Crippen LogP contribution in [0.2, 0.25) is 0 Å². The summed E-state index contributed by atoms with van der Waals surface area (Å²) in [6.45, 7) is 0. The van der Waals surface area contributed by atoms with E-state index in [2.05, 4.69) is 9.72 Å². The Labute approximate surface area is 139 Å². The highest BCUT2D eigenvalue weighted by Crippen LogP contribution is 2.43. The Morgan fingerprint density at radius 2 is 1.92 bits per heavy atom. The molecule has 1 heterocycles. The molecule has 0 saturated heterocycles. The average Bonchev–Trinajstić information content (AvgIpc) is 2.95. The summed E-state index contributed by atoms with van der Waals surface area (Å²) >= 11 is 0. The molecule has 0 aliphatic heterocycles. The number of Topliss-reactive ketones (excluding diaryl/α,β-unsaturated/α-hetero) is 1. The third kappa shape index (κ3) is 3.20. The van der Waals surface area contributed by atoms with Crippen molar-refractivity contribution in [3.63, 3.8) is 0 Å². The Hall–Kier alpha value is -2.18. The molecule has 1 fully saturated rings. The molecule has 2 aliphatic carbocycles. The number of carbonyl (C=O) groups excluding carboxylic acids is 3. The predicted octanol–water partition coefficient (Wildman–Crippen LogP) is 1.58. The quantitative estimate of drug-likeness (QED) is 0.595. The van der Waals surface area contributed by atoms with E-state index in [1.54, 1.807) is 0 Å². The lowest BCUT2D eigenvalue weighted by molar-refractivity contribution is -0.149. The van der Waals surface area contributed by atoms with Crippen LogP contribution in [0.3, 0.4) is 0 Å². The molecule has 0 bridgehead atoms. The van der Waals surface area contributed by atoms with E-state index in [9.17, 15) is 14.4 Å². The zero-order chi connectivity index (χ0) is 17.3. The second-order valence-electron chi connectivity index (χ2n) is 6.47. The van der Waals surface area contributed by atoms with Gasteiger partial charge in [0.2, 0.25) is 0 Å². The number of oxazole rings is 1. The third-order valence-electron chi connectivity index (χ3n) is 4.98. The summed E-state index contributed by atoms with van der Waals surface area (Å²) in [5, 5.41) is 0. The lowest BCUT2D eigenvalue weighted by Gasteiger charge is -2.30. The molecule has 0 N–H and O–H groups in total. The summed E-state index contributed by atoms with van der Waals surface area (Å²) < 4.78 is 15.1. The number of hydrogen-bond donors (Lipinski definition) is 0. The van der Waals surface area contributed by atoms with E-state index in [0.29, 0.717) is 38.0 Å². The highest BCUT2D eigenvalue weighted by atomic mass is 16.5. The lowest BCUT2D eigenvalue weighted by atomic mass is 9.75. The smallest absolute Gasteiger partial charge is 0.313 e. The number of esters is 2. The number of rotatable bonds is 5. The fourth-order valence-corrected chi connectivity index (χ4v) is 3.38. The number of fused-ring (bicyclic) bond motifs is 1. The monoisotopic (exact) mass is 335 g/mol. The maximum Gasteiger partial charge on any atom is 0.313 e. The van der Waals surface area contributed by atoms with Gasteiger partial charge in [-0.2, -0.15) is 0 Å². The van der Waals surface area contributed by atoms with Crippen LogP contribution in [0.25, 0.3) is 0 Å². The van der Waals surface area contributed by atoms with E-state index in [4.69, 9.17) is 9.15 Å². The highest BCUT2D eigenvalue weighted by Gasteiger charge is 2.40. The fourth-order valence-electron chi connectivity index (χ4n) is 3.38. The fraction of sp³-hybridized carbons (Fsp3) is 0.647. The summed E-state index contributed by atoms with van der Waals surface area (Å²) in [5.41, 5.74) is 0.897. The molecule has 3 rings (SSSR count). The minimum absolute atomic E-state index is 0.0710. The van der Waals surface area contributed by atoms with E-state index in [1.165, 1.54) is 14.2 Å². The zero-order valence-corrected chi connectivity index (χ0v) is 13.9. The van der Waals surface area contributed by atoms with Crippen LogP contribution >= 0.6 is 0 Å². The van der Waals surface area contributed by atoms with E-state index in [1.807, 2.05) is 0 Å². The van der Waals surface area contributed by atoms with Gasteiger partial charge in [0.25, 0.3) is 0 Å². The number of hydrogen-bond acceptors (Lipinski definition) is 7. The topological polar surface area (TPSA) is 95.7 Å². The van der Waals surface area contributed by atoms with Crippen molar-refractivity contribution >= 4 is 17.7 Å². The molecular weight excluding hydrogens is 314 g/mol. The molecule has 0 aromatic carbocycles. The van der Waals surface area contributed by atoms with Gasteiger partial charge in [-0.1, -0.05) is 0 Å². The lowest BCUT2D eigenvalue weighted by Crippen LogP contribution is -2.30. The van der Waals surface area contributed by atoms with Crippen LogP contribution in [-0.4, -0.2) is 36.9 Å². The first-order valence-electron chi connectivity index (χ1n) is 8.17. The summed E-state index contributed by atoms with van der Waals surface area (Å²) in [5.74, 6) is 0.439. The first-order valence-corrected chi connectivity index (χ1v) is 8.17. The number of ether oxygens (including phenoxy) is 2. The van der Waals surface area contributed by atoms with Crippen LogP contribution < -0.4 is 0 Å². The largest absolute Gasteiger partial charge is 0.469 e. The predicted molar refractivity (Wildman–Crippen MR) is 81.1 cm³/mol. The molecule has 0 spiro atoms. The van der Waals surface area contributed by atoms with Crippen molar-refractivity contribution in [3.8, 4) is 0 Å². The Morgan fingerprint density at radius 3 is 2.58 bits per heavy atom. The van der Waals surface area contributed by atoms with E-state index >= 15 is 0 Å². The van der Waals surface area contributed by atoms with Gasteiger partial charge in [-0.05, 0) is 25.7 Å². The highest BCUT2D eigenvalue weighted by molar-refractivity contribution is 5.96. The summed E-state index contributed by atoms with van der Waals surface area (Å²) in [6, 6.07) is 0. The number of carbonyl (C=O) groups is 3. The van der Waals surface area contributed by atoms with Crippen molar-refractivity contribution < 1.29 is 28.3 Å². The van der Waals surface area contributed by atoms with Crippen molar-refractivity contribution in [2.75, 3.05) is 14.2 Å². The van der Waals surface area contributed by atoms with Crippen LogP contribution in [0.1, 0.15) is 48.9 Å². The van der Waals surface area contributed by atoms with Crippen LogP contribution in [0.4, 0.5) is 0 Å². The standard InChI is InChI=1S/C17H21NO6/c1-22-15(20)8-13(19)9-3-4-12-14(7-9)24-16(18-12)10-5-11(6-10)17(21)23-2/h9-11H,3-8H2,1-2H3. The molecule has 1 aromatic rings. The summed E-state index contributed by atoms with van der Waals surface area (Å²) in [4.78, 5) is 39.4. The van der Waals surface area contributed by atoms with E-state index < -0.39 is 5.97 Å². The van der Waals surface area contributed by atoms with E-state index in [0.717, 1.165) is 11.5 Å². The maximum atomic E-state index is 12.1. The van der Waals surface area contributed by atoms with Gasteiger partial charge in [-0.15, -0.1) is 0 Å². The maximum absolute atomic E-state index is 12.1. The number of ketones is 1. The Bertz CT molecular complexity index is 658. The van der Waals surface area contributed by atoms with Gasteiger partial charge in [0.05, 0.1) is 25.8 Å². The molecule has 2 aliphatic rings. The molecule has 1 atom stereocenters. The number of aromatic nitrogens is 1. The molecule has 1 aromatic heterocycles. The molecule has 24 heavy (non-hydrogen) atoms. The zero-order valence-electron chi connectivity index (χ0n) is 13.9. The number of nitrogens with zero attached hydrogens (tertiary/aromatic N) is 1. The first-order chi connectivity index (χ1) is 11.5. The number of aryl methyl sites for hydroxylation is 1. The van der Waals surface area contributed by atoms with Crippen molar-refractivity contribution in [2.24, 2.45) is 11.8 Å².